The summed E-state index contributed by atoms with van der Waals surface area (Å²) >= 11 is 5.10. The van der Waals surface area contributed by atoms with Crippen LogP contribution in [0.2, 0.25) is 0 Å². The van der Waals surface area contributed by atoms with Gasteiger partial charge in [-0.1, -0.05) is 24.3 Å². The standard InChI is InChI=1S/C13H13BrN2S/c14-12-4-5-13(16-8-12)17-9-11-3-1-2-10(6-11)7-15/h1-6,8H,7,9,15H2. The highest BCUT2D eigenvalue weighted by atomic mass is 79.9. The molecule has 0 aliphatic rings. The maximum atomic E-state index is 5.62. The van der Waals surface area contributed by atoms with E-state index in [0.29, 0.717) is 6.54 Å². The van der Waals surface area contributed by atoms with Crippen LogP contribution in [-0.4, -0.2) is 4.98 Å². The molecule has 0 saturated heterocycles. The summed E-state index contributed by atoms with van der Waals surface area (Å²) in [6.45, 7) is 0.592. The number of thioether (sulfide) groups is 1. The minimum absolute atomic E-state index is 0.592. The fourth-order valence-electron chi connectivity index (χ4n) is 1.45. The second kappa shape index (κ2) is 6.19. The van der Waals surface area contributed by atoms with E-state index in [-0.39, 0.29) is 0 Å². The third-order valence-electron chi connectivity index (χ3n) is 2.31. The lowest BCUT2D eigenvalue weighted by Crippen LogP contribution is -1.96. The fourth-order valence-corrected chi connectivity index (χ4v) is 2.47. The zero-order chi connectivity index (χ0) is 12.1. The molecule has 4 heteroatoms. The van der Waals surface area contributed by atoms with E-state index in [4.69, 9.17) is 5.73 Å². The summed E-state index contributed by atoms with van der Waals surface area (Å²) in [7, 11) is 0. The molecule has 0 aliphatic heterocycles. The predicted molar refractivity (Wildman–Crippen MR) is 75.8 cm³/mol. The van der Waals surface area contributed by atoms with Crippen LogP contribution in [0.5, 0.6) is 0 Å². The Morgan fingerprint density at radius 2 is 2.00 bits per heavy atom. The highest BCUT2D eigenvalue weighted by Crippen LogP contribution is 2.22. The molecule has 0 amide bonds. The van der Waals surface area contributed by atoms with Gasteiger partial charge in [-0.3, -0.25) is 0 Å². The predicted octanol–water partition coefficient (Wildman–Crippen LogP) is 3.60. The SMILES string of the molecule is NCc1cccc(CSc2ccc(Br)cn2)c1. The first-order valence-corrected chi connectivity index (χ1v) is 7.08. The van der Waals surface area contributed by atoms with Crippen molar-refractivity contribution < 1.29 is 0 Å². The van der Waals surface area contributed by atoms with Crippen LogP contribution in [-0.2, 0) is 12.3 Å². The average molecular weight is 309 g/mol. The lowest BCUT2D eigenvalue weighted by atomic mass is 10.1. The van der Waals surface area contributed by atoms with Crippen molar-refractivity contribution in [1.29, 1.82) is 0 Å². The molecule has 2 nitrogen and oxygen atoms in total. The Balaban J connectivity index is 1.99. The van der Waals surface area contributed by atoms with Crippen LogP contribution in [0.1, 0.15) is 11.1 Å². The van der Waals surface area contributed by atoms with Crippen molar-refractivity contribution in [2.75, 3.05) is 0 Å². The molecule has 1 aromatic carbocycles. The lowest BCUT2D eigenvalue weighted by Gasteiger charge is -2.03. The summed E-state index contributed by atoms with van der Waals surface area (Å²) in [5.41, 5.74) is 8.07. The smallest absolute Gasteiger partial charge is 0.0963 e. The second-order valence-corrected chi connectivity index (χ2v) is 5.54. The van der Waals surface area contributed by atoms with Gasteiger partial charge in [-0.25, -0.2) is 4.98 Å². The van der Waals surface area contributed by atoms with Crippen molar-refractivity contribution in [3.05, 3.63) is 58.2 Å². The molecule has 0 fully saturated rings. The van der Waals surface area contributed by atoms with Crippen molar-refractivity contribution in [3.8, 4) is 0 Å². The maximum Gasteiger partial charge on any atom is 0.0963 e. The third-order valence-corrected chi connectivity index (χ3v) is 3.80. The molecule has 0 atom stereocenters. The fraction of sp³-hybridized carbons (Fsp3) is 0.154. The molecule has 0 spiro atoms. The molecule has 2 aromatic rings. The molecule has 1 heterocycles. The molecule has 2 rings (SSSR count). The van der Waals surface area contributed by atoms with E-state index < -0.39 is 0 Å². The summed E-state index contributed by atoms with van der Waals surface area (Å²) in [6.07, 6.45) is 1.82. The maximum absolute atomic E-state index is 5.62. The summed E-state index contributed by atoms with van der Waals surface area (Å²) in [6, 6.07) is 12.4. The van der Waals surface area contributed by atoms with Crippen LogP contribution >= 0.6 is 27.7 Å². The Morgan fingerprint density at radius 1 is 1.18 bits per heavy atom. The van der Waals surface area contributed by atoms with Crippen LogP contribution in [0.4, 0.5) is 0 Å². The number of nitrogens with two attached hydrogens (primary N) is 1. The normalized spacial score (nSPS) is 10.5. The third kappa shape index (κ3) is 3.84. The first-order chi connectivity index (χ1) is 8.28. The van der Waals surface area contributed by atoms with Crippen LogP contribution in [0, 0.1) is 0 Å². The largest absolute Gasteiger partial charge is 0.326 e. The topological polar surface area (TPSA) is 38.9 Å². The van der Waals surface area contributed by atoms with E-state index in [9.17, 15) is 0 Å². The van der Waals surface area contributed by atoms with E-state index >= 15 is 0 Å². The highest BCUT2D eigenvalue weighted by molar-refractivity contribution is 9.10. The van der Waals surface area contributed by atoms with E-state index in [1.165, 1.54) is 11.1 Å². The van der Waals surface area contributed by atoms with Crippen molar-refractivity contribution >= 4 is 27.7 Å². The Kier molecular flexibility index (Phi) is 4.59. The van der Waals surface area contributed by atoms with E-state index in [1.54, 1.807) is 11.8 Å². The van der Waals surface area contributed by atoms with Crippen LogP contribution < -0.4 is 5.73 Å². The van der Waals surface area contributed by atoms with Crippen molar-refractivity contribution in [1.82, 2.24) is 4.98 Å². The number of hydrogen-bond acceptors (Lipinski definition) is 3. The van der Waals surface area contributed by atoms with Gasteiger partial charge < -0.3 is 5.73 Å². The number of rotatable bonds is 4. The molecule has 0 unspecified atom stereocenters. The van der Waals surface area contributed by atoms with E-state index in [2.05, 4.69) is 33.0 Å². The summed E-state index contributed by atoms with van der Waals surface area (Å²) < 4.78 is 1.01. The Morgan fingerprint density at radius 3 is 2.71 bits per heavy atom. The highest BCUT2D eigenvalue weighted by Gasteiger charge is 1.98. The van der Waals surface area contributed by atoms with Crippen molar-refractivity contribution in [2.45, 2.75) is 17.3 Å². The van der Waals surface area contributed by atoms with Gasteiger partial charge >= 0.3 is 0 Å². The van der Waals surface area contributed by atoms with Gasteiger partial charge in [0.2, 0.25) is 0 Å². The molecule has 0 saturated carbocycles. The van der Waals surface area contributed by atoms with Crippen molar-refractivity contribution in [2.24, 2.45) is 5.73 Å². The van der Waals surface area contributed by atoms with Gasteiger partial charge in [0.05, 0.1) is 5.03 Å². The van der Waals surface area contributed by atoms with Gasteiger partial charge in [-0.05, 0) is 39.2 Å². The first-order valence-electron chi connectivity index (χ1n) is 5.30. The summed E-state index contributed by atoms with van der Waals surface area (Å²) in [4.78, 5) is 4.33. The number of nitrogens with zero attached hydrogens (tertiary/aromatic N) is 1. The van der Waals surface area contributed by atoms with E-state index in [0.717, 1.165) is 15.3 Å². The zero-order valence-electron chi connectivity index (χ0n) is 9.27. The lowest BCUT2D eigenvalue weighted by molar-refractivity contribution is 1.06. The Hall–Kier alpha value is -0.840. The molecule has 2 N–H and O–H groups in total. The average Bonchev–Trinajstić information content (AvgIpc) is 2.38. The van der Waals surface area contributed by atoms with Crippen LogP contribution in [0.15, 0.2) is 52.1 Å². The van der Waals surface area contributed by atoms with Gasteiger partial charge in [0.25, 0.3) is 0 Å². The number of pyridine rings is 1. The number of halogens is 1. The molecule has 0 bridgehead atoms. The molecule has 0 radical (unpaired) electrons. The van der Waals surface area contributed by atoms with Crippen LogP contribution in [0.25, 0.3) is 0 Å². The van der Waals surface area contributed by atoms with Crippen molar-refractivity contribution in [3.63, 3.8) is 0 Å². The minimum atomic E-state index is 0.592. The molecule has 17 heavy (non-hydrogen) atoms. The summed E-state index contributed by atoms with van der Waals surface area (Å²) in [5.74, 6) is 0.919. The van der Waals surface area contributed by atoms with Gasteiger partial charge in [-0.15, -0.1) is 11.8 Å². The van der Waals surface area contributed by atoms with Gasteiger partial charge in [-0.2, -0.15) is 0 Å². The molecule has 1 aromatic heterocycles. The number of aromatic nitrogens is 1. The zero-order valence-corrected chi connectivity index (χ0v) is 11.7. The Bertz CT molecular complexity index is 485. The molecule has 0 aliphatic carbocycles. The van der Waals surface area contributed by atoms with Gasteiger partial charge in [0.15, 0.2) is 0 Å². The number of benzene rings is 1. The van der Waals surface area contributed by atoms with Gasteiger partial charge in [0.1, 0.15) is 0 Å². The number of hydrogen-bond donors (Lipinski definition) is 1. The molecule has 88 valence electrons. The minimum Gasteiger partial charge on any atom is -0.326 e. The quantitative estimate of drug-likeness (QED) is 0.877. The molecular weight excluding hydrogens is 296 g/mol. The van der Waals surface area contributed by atoms with Crippen LogP contribution in [0.3, 0.4) is 0 Å². The van der Waals surface area contributed by atoms with E-state index in [1.807, 2.05) is 30.5 Å². The second-order valence-electron chi connectivity index (χ2n) is 3.63. The van der Waals surface area contributed by atoms with Gasteiger partial charge in [0, 0.05) is 23.0 Å². The molecular formula is C13H13BrN2S. The summed E-state index contributed by atoms with van der Waals surface area (Å²) in [5, 5.41) is 1.03. The monoisotopic (exact) mass is 308 g/mol. The Labute approximate surface area is 114 Å². The first kappa shape index (κ1) is 12.6.